The van der Waals surface area contributed by atoms with Gasteiger partial charge in [-0.25, -0.2) is 4.79 Å². The van der Waals surface area contributed by atoms with E-state index in [1.54, 1.807) is 26.2 Å². The van der Waals surface area contributed by atoms with Gasteiger partial charge in [0, 0.05) is 24.7 Å². The molecule has 1 aliphatic heterocycles. The Morgan fingerprint density at radius 3 is 2.67 bits per heavy atom. The van der Waals surface area contributed by atoms with E-state index in [1.807, 2.05) is 0 Å². The van der Waals surface area contributed by atoms with E-state index in [0.717, 1.165) is 5.56 Å². The van der Waals surface area contributed by atoms with E-state index in [4.69, 9.17) is 32.7 Å². The van der Waals surface area contributed by atoms with Crippen molar-refractivity contribution in [1.29, 1.82) is 0 Å². The molecular formula is C18H24Cl2N2O5. The zero-order chi connectivity index (χ0) is 20.1. The van der Waals surface area contributed by atoms with Gasteiger partial charge in [-0.3, -0.25) is 4.79 Å². The van der Waals surface area contributed by atoms with E-state index in [9.17, 15) is 14.7 Å². The maximum Gasteiger partial charge on any atom is 0.407 e. The van der Waals surface area contributed by atoms with Crippen molar-refractivity contribution in [2.24, 2.45) is 0 Å². The Balaban J connectivity index is 2.22. The number of carbonyl (C=O) groups excluding carboxylic acids is 1. The Morgan fingerprint density at radius 1 is 1.37 bits per heavy atom. The molecule has 0 aromatic heterocycles. The summed E-state index contributed by atoms with van der Waals surface area (Å²) < 4.78 is 10.1. The van der Waals surface area contributed by atoms with Crippen LogP contribution >= 0.6 is 23.2 Å². The molecule has 0 bridgehead atoms. The van der Waals surface area contributed by atoms with Crippen molar-refractivity contribution in [2.45, 2.75) is 37.8 Å². The smallest absolute Gasteiger partial charge is 0.407 e. The van der Waals surface area contributed by atoms with Crippen molar-refractivity contribution in [3.8, 4) is 5.75 Å². The van der Waals surface area contributed by atoms with Crippen molar-refractivity contribution in [3.05, 3.63) is 27.7 Å². The van der Waals surface area contributed by atoms with Gasteiger partial charge in [0.05, 0.1) is 24.3 Å². The van der Waals surface area contributed by atoms with Crippen LogP contribution in [-0.4, -0.2) is 61.5 Å². The summed E-state index contributed by atoms with van der Waals surface area (Å²) in [4.78, 5) is 24.6. The van der Waals surface area contributed by atoms with Gasteiger partial charge in [0.1, 0.15) is 11.8 Å². The Kier molecular flexibility index (Phi) is 7.59. The first-order chi connectivity index (χ1) is 12.8. The first-order valence-corrected chi connectivity index (χ1v) is 9.38. The summed E-state index contributed by atoms with van der Waals surface area (Å²) in [6.07, 6.45) is 0.144. The van der Waals surface area contributed by atoms with E-state index >= 15 is 0 Å². The number of carboxylic acid groups (broad SMARTS) is 1. The highest BCUT2D eigenvalue weighted by molar-refractivity contribution is 6.42. The fourth-order valence-corrected chi connectivity index (χ4v) is 3.91. The summed E-state index contributed by atoms with van der Waals surface area (Å²) in [5.74, 6) is 0.221. The van der Waals surface area contributed by atoms with Gasteiger partial charge >= 0.3 is 12.1 Å². The molecule has 1 fully saturated rings. The maximum absolute atomic E-state index is 11.6. The molecule has 3 unspecified atom stereocenters. The van der Waals surface area contributed by atoms with Crippen molar-refractivity contribution in [3.63, 3.8) is 0 Å². The summed E-state index contributed by atoms with van der Waals surface area (Å²) in [5, 5.41) is 13.4. The fourth-order valence-electron chi connectivity index (χ4n) is 3.44. The molecule has 1 aromatic carbocycles. The molecule has 2 N–H and O–H groups in total. The summed E-state index contributed by atoms with van der Waals surface area (Å²) in [6.45, 7) is 2.35. The lowest BCUT2D eigenvalue weighted by Gasteiger charge is -2.39. The van der Waals surface area contributed by atoms with Crippen LogP contribution in [0.4, 0.5) is 4.79 Å². The summed E-state index contributed by atoms with van der Waals surface area (Å²) in [6, 6.07) is 2.58. The molecule has 1 aliphatic rings. The minimum absolute atomic E-state index is 0.0121. The van der Waals surface area contributed by atoms with Gasteiger partial charge in [0.2, 0.25) is 0 Å². The van der Waals surface area contributed by atoms with Crippen LogP contribution < -0.4 is 10.1 Å². The van der Waals surface area contributed by atoms with Gasteiger partial charge in [-0.05, 0) is 37.8 Å². The van der Waals surface area contributed by atoms with E-state index in [1.165, 1.54) is 12.0 Å². The Hall–Kier alpha value is -1.70. The third-order valence-electron chi connectivity index (χ3n) is 4.90. The zero-order valence-corrected chi connectivity index (χ0v) is 17.0. The lowest BCUT2D eigenvalue weighted by atomic mass is 9.84. The fraction of sp³-hybridized carbons (Fsp3) is 0.556. The molecule has 7 nitrogen and oxygen atoms in total. The van der Waals surface area contributed by atoms with Gasteiger partial charge in [0.25, 0.3) is 0 Å². The van der Waals surface area contributed by atoms with Crippen LogP contribution in [-0.2, 0) is 9.53 Å². The van der Waals surface area contributed by atoms with E-state index in [-0.39, 0.29) is 12.0 Å². The number of amides is 1. The molecule has 1 heterocycles. The Morgan fingerprint density at radius 2 is 2.07 bits per heavy atom. The van der Waals surface area contributed by atoms with E-state index in [2.05, 4.69) is 5.32 Å². The number of methoxy groups -OCH3 is 2. The van der Waals surface area contributed by atoms with Crippen LogP contribution in [0.25, 0.3) is 0 Å². The first kappa shape index (κ1) is 21.6. The number of nitrogens with one attached hydrogen (secondary N) is 1. The number of benzene rings is 1. The molecule has 0 radical (unpaired) electrons. The van der Waals surface area contributed by atoms with Gasteiger partial charge in [-0.15, -0.1) is 0 Å². The number of rotatable bonds is 6. The predicted molar refractivity (Wildman–Crippen MR) is 103 cm³/mol. The van der Waals surface area contributed by atoms with Crippen LogP contribution in [0.1, 0.15) is 31.2 Å². The van der Waals surface area contributed by atoms with Crippen molar-refractivity contribution >= 4 is 35.3 Å². The van der Waals surface area contributed by atoms with Crippen LogP contribution in [0.2, 0.25) is 10.0 Å². The molecular weight excluding hydrogens is 395 g/mol. The van der Waals surface area contributed by atoms with Crippen LogP contribution in [0, 0.1) is 0 Å². The molecule has 1 saturated heterocycles. The highest BCUT2D eigenvalue weighted by Crippen LogP contribution is 2.43. The Labute approximate surface area is 168 Å². The number of piperidine rings is 1. The molecule has 9 heteroatoms. The number of hydrogen-bond donors (Lipinski definition) is 2. The standard InChI is InChI=1S/C18H24Cl2N2O5/c1-10(17(23)27-3)21-9-12-8-11(6-7-22(12)18(24)25)15-14(26-2)5-4-13(19)16(15)20/h4-5,10-12,21H,6-9H2,1-3H3,(H,24,25). The number of carbonyl (C=O) groups is 2. The lowest BCUT2D eigenvalue weighted by molar-refractivity contribution is -0.142. The third kappa shape index (κ3) is 4.97. The lowest BCUT2D eigenvalue weighted by Crippen LogP contribution is -2.51. The van der Waals surface area contributed by atoms with Gasteiger partial charge in [-0.1, -0.05) is 23.2 Å². The minimum atomic E-state index is -0.991. The number of nitrogens with zero attached hydrogens (tertiary/aromatic N) is 1. The average molecular weight is 419 g/mol. The number of esters is 1. The molecule has 1 aromatic rings. The topological polar surface area (TPSA) is 88.1 Å². The Bertz CT molecular complexity index is 701. The minimum Gasteiger partial charge on any atom is -0.496 e. The molecule has 3 atom stereocenters. The highest BCUT2D eigenvalue weighted by Gasteiger charge is 2.35. The second kappa shape index (κ2) is 9.48. The molecule has 0 spiro atoms. The molecule has 27 heavy (non-hydrogen) atoms. The summed E-state index contributed by atoms with van der Waals surface area (Å²) in [5.41, 5.74) is 0.794. The third-order valence-corrected chi connectivity index (χ3v) is 5.72. The van der Waals surface area contributed by atoms with Crippen molar-refractivity contribution in [1.82, 2.24) is 10.2 Å². The molecule has 0 saturated carbocycles. The highest BCUT2D eigenvalue weighted by atomic mass is 35.5. The van der Waals surface area contributed by atoms with Gasteiger partial charge < -0.3 is 24.8 Å². The molecule has 150 valence electrons. The number of halogens is 2. The van der Waals surface area contributed by atoms with Crippen molar-refractivity contribution < 1.29 is 24.2 Å². The van der Waals surface area contributed by atoms with Gasteiger partial charge in [-0.2, -0.15) is 0 Å². The largest absolute Gasteiger partial charge is 0.496 e. The normalized spacial score (nSPS) is 20.9. The molecule has 1 amide bonds. The first-order valence-electron chi connectivity index (χ1n) is 8.62. The predicted octanol–water partition coefficient (Wildman–Crippen LogP) is 3.38. The van der Waals surface area contributed by atoms with E-state index < -0.39 is 18.1 Å². The molecule has 2 rings (SSSR count). The number of likely N-dealkylation sites (tertiary alicyclic amines) is 1. The second-order valence-corrected chi connectivity index (χ2v) is 7.27. The number of hydrogen-bond acceptors (Lipinski definition) is 5. The monoisotopic (exact) mass is 418 g/mol. The van der Waals surface area contributed by atoms with Crippen molar-refractivity contribution in [2.75, 3.05) is 27.3 Å². The second-order valence-electron chi connectivity index (χ2n) is 6.48. The molecule has 0 aliphatic carbocycles. The van der Waals surface area contributed by atoms with Crippen LogP contribution in [0.15, 0.2) is 12.1 Å². The zero-order valence-electron chi connectivity index (χ0n) is 15.5. The SMILES string of the molecule is COC(=O)C(C)NCC1CC(c2c(OC)ccc(Cl)c2Cl)CCN1C(=O)O. The van der Waals surface area contributed by atoms with E-state index in [0.29, 0.717) is 41.7 Å². The maximum atomic E-state index is 11.6. The quantitative estimate of drug-likeness (QED) is 0.688. The van der Waals surface area contributed by atoms with Gasteiger partial charge in [0.15, 0.2) is 0 Å². The average Bonchev–Trinajstić information content (AvgIpc) is 2.66. The number of ether oxygens (including phenoxy) is 2. The summed E-state index contributed by atoms with van der Waals surface area (Å²) in [7, 11) is 2.88. The van der Waals surface area contributed by atoms with Crippen LogP contribution in [0.5, 0.6) is 5.75 Å². The summed E-state index contributed by atoms with van der Waals surface area (Å²) >= 11 is 12.6. The van der Waals surface area contributed by atoms with Crippen LogP contribution in [0.3, 0.4) is 0 Å².